The lowest BCUT2D eigenvalue weighted by molar-refractivity contribution is 0.284. The molecule has 7 heteroatoms. The molecular formula is C24H22N4O2S. The van der Waals surface area contributed by atoms with Gasteiger partial charge in [-0.15, -0.1) is 0 Å². The Morgan fingerprint density at radius 1 is 1.03 bits per heavy atom. The zero-order valence-electron chi connectivity index (χ0n) is 17.3. The number of ether oxygens (including phenoxy) is 2. The topological polar surface area (TPSA) is 64.4 Å². The summed E-state index contributed by atoms with van der Waals surface area (Å²) < 4.78 is 13.5. The Morgan fingerprint density at radius 2 is 1.81 bits per heavy atom. The minimum atomic E-state index is 0.417. The summed E-state index contributed by atoms with van der Waals surface area (Å²) in [6.45, 7) is 2.53. The third-order valence-corrected chi connectivity index (χ3v) is 4.97. The Hall–Kier alpha value is -3.71. The number of benzene rings is 3. The van der Waals surface area contributed by atoms with Crippen molar-refractivity contribution in [3.8, 4) is 22.9 Å². The highest BCUT2D eigenvalue weighted by Crippen LogP contribution is 2.28. The van der Waals surface area contributed by atoms with Crippen LogP contribution in [0.3, 0.4) is 0 Å². The lowest BCUT2D eigenvalue weighted by atomic mass is 10.2. The second-order valence-electron chi connectivity index (χ2n) is 6.96. The van der Waals surface area contributed by atoms with Gasteiger partial charge in [0.05, 0.1) is 13.3 Å². The molecule has 0 aliphatic rings. The van der Waals surface area contributed by atoms with E-state index < -0.39 is 0 Å². The van der Waals surface area contributed by atoms with Crippen LogP contribution in [0.4, 0.5) is 0 Å². The fourth-order valence-electron chi connectivity index (χ4n) is 3.03. The molecule has 0 saturated carbocycles. The molecule has 0 saturated heterocycles. The predicted molar refractivity (Wildman–Crippen MR) is 124 cm³/mol. The minimum absolute atomic E-state index is 0.417. The molecule has 6 nitrogen and oxygen atoms in total. The Morgan fingerprint density at radius 3 is 2.55 bits per heavy atom. The van der Waals surface area contributed by atoms with Gasteiger partial charge in [-0.1, -0.05) is 60.2 Å². The van der Waals surface area contributed by atoms with E-state index in [9.17, 15) is 0 Å². The standard InChI is InChI=1S/C24H22N4O2S/c1-17-8-10-18(11-9-17)16-30-21-13-12-19(14-22(21)29-2)15-25-28-23(26-27-24(28)31)20-6-4-3-5-7-20/h3-15H,16H2,1-2H3,(H,27,31)/b25-15-. The summed E-state index contributed by atoms with van der Waals surface area (Å²) in [7, 11) is 1.62. The van der Waals surface area contributed by atoms with Gasteiger partial charge in [0.1, 0.15) is 6.61 Å². The van der Waals surface area contributed by atoms with Crippen molar-refractivity contribution in [3.63, 3.8) is 0 Å². The number of hydrogen-bond acceptors (Lipinski definition) is 5. The number of methoxy groups -OCH3 is 1. The van der Waals surface area contributed by atoms with Crippen molar-refractivity contribution in [3.05, 3.63) is 94.3 Å². The fourth-order valence-corrected chi connectivity index (χ4v) is 3.21. The van der Waals surface area contributed by atoms with E-state index in [2.05, 4.69) is 46.5 Å². The quantitative estimate of drug-likeness (QED) is 0.316. The number of rotatable bonds is 7. The van der Waals surface area contributed by atoms with Crippen molar-refractivity contribution >= 4 is 18.4 Å². The number of aryl methyl sites for hydroxylation is 1. The molecule has 3 aromatic carbocycles. The summed E-state index contributed by atoms with van der Waals surface area (Å²) in [5, 5.41) is 11.6. The second kappa shape index (κ2) is 9.40. The first kappa shape index (κ1) is 20.6. The van der Waals surface area contributed by atoms with Gasteiger partial charge in [-0.2, -0.15) is 14.9 Å². The van der Waals surface area contributed by atoms with Crippen LogP contribution in [0.25, 0.3) is 11.4 Å². The summed E-state index contributed by atoms with van der Waals surface area (Å²) in [5.41, 5.74) is 4.09. The van der Waals surface area contributed by atoms with Gasteiger partial charge in [-0.3, -0.25) is 0 Å². The number of H-pyrrole nitrogens is 1. The second-order valence-corrected chi connectivity index (χ2v) is 7.35. The lowest BCUT2D eigenvalue weighted by Gasteiger charge is -2.11. The zero-order valence-corrected chi connectivity index (χ0v) is 18.1. The predicted octanol–water partition coefficient (Wildman–Crippen LogP) is 5.39. The van der Waals surface area contributed by atoms with Crippen LogP contribution in [0.2, 0.25) is 0 Å². The maximum absolute atomic E-state index is 5.95. The van der Waals surface area contributed by atoms with Crippen molar-refractivity contribution in [2.24, 2.45) is 5.10 Å². The van der Waals surface area contributed by atoms with E-state index >= 15 is 0 Å². The molecule has 156 valence electrons. The van der Waals surface area contributed by atoms with Crippen molar-refractivity contribution in [1.29, 1.82) is 0 Å². The normalized spacial score (nSPS) is 11.0. The molecule has 0 radical (unpaired) electrons. The van der Waals surface area contributed by atoms with Crippen LogP contribution in [0.1, 0.15) is 16.7 Å². The fraction of sp³-hybridized carbons (Fsp3) is 0.125. The molecule has 1 N–H and O–H groups in total. The average Bonchev–Trinajstić information content (AvgIpc) is 3.18. The van der Waals surface area contributed by atoms with Crippen molar-refractivity contribution in [2.45, 2.75) is 13.5 Å². The van der Waals surface area contributed by atoms with Gasteiger partial charge in [0.15, 0.2) is 17.3 Å². The summed E-state index contributed by atoms with van der Waals surface area (Å²) in [6.07, 6.45) is 1.71. The first-order valence-electron chi connectivity index (χ1n) is 9.77. The van der Waals surface area contributed by atoms with Gasteiger partial charge in [0.25, 0.3) is 0 Å². The van der Waals surface area contributed by atoms with Gasteiger partial charge in [0.2, 0.25) is 4.77 Å². The van der Waals surface area contributed by atoms with E-state index in [4.69, 9.17) is 21.7 Å². The monoisotopic (exact) mass is 430 g/mol. The van der Waals surface area contributed by atoms with Crippen molar-refractivity contribution in [1.82, 2.24) is 14.9 Å². The molecule has 4 rings (SSSR count). The van der Waals surface area contributed by atoms with Gasteiger partial charge < -0.3 is 9.47 Å². The van der Waals surface area contributed by atoms with E-state index in [1.807, 2.05) is 48.5 Å². The number of aromatic amines is 1. The molecular weight excluding hydrogens is 408 g/mol. The summed E-state index contributed by atoms with van der Waals surface area (Å²) in [6, 6.07) is 23.7. The highest BCUT2D eigenvalue weighted by Gasteiger charge is 2.09. The third-order valence-electron chi connectivity index (χ3n) is 4.71. The molecule has 0 aliphatic heterocycles. The first-order chi connectivity index (χ1) is 15.1. The SMILES string of the molecule is COc1cc(/C=N\n2c(-c3ccccc3)n[nH]c2=S)ccc1OCc1ccc(C)cc1. The smallest absolute Gasteiger partial charge is 0.216 e. The Kier molecular flexibility index (Phi) is 6.24. The molecule has 1 heterocycles. The molecule has 4 aromatic rings. The molecule has 1 aromatic heterocycles. The van der Waals surface area contributed by atoms with Crippen molar-refractivity contribution in [2.75, 3.05) is 7.11 Å². The molecule has 31 heavy (non-hydrogen) atoms. The van der Waals surface area contributed by atoms with Crippen LogP contribution >= 0.6 is 12.2 Å². The molecule has 0 fully saturated rings. The van der Waals surface area contributed by atoms with Crippen LogP contribution in [0.5, 0.6) is 11.5 Å². The maximum Gasteiger partial charge on any atom is 0.216 e. The van der Waals surface area contributed by atoms with Crippen LogP contribution < -0.4 is 9.47 Å². The third kappa shape index (κ3) is 4.90. The average molecular weight is 431 g/mol. The first-order valence-corrected chi connectivity index (χ1v) is 10.2. The van der Waals surface area contributed by atoms with Gasteiger partial charge in [-0.05, 0) is 48.5 Å². The van der Waals surface area contributed by atoms with E-state index in [1.165, 1.54) is 5.56 Å². The van der Waals surface area contributed by atoms with Gasteiger partial charge >= 0.3 is 0 Å². The number of nitrogens with one attached hydrogen (secondary N) is 1. The minimum Gasteiger partial charge on any atom is -0.493 e. The van der Waals surface area contributed by atoms with E-state index in [1.54, 1.807) is 18.0 Å². The van der Waals surface area contributed by atoms with Crippen LogP contribution in [0, 0.1) is 11.7 Å². The Balaban J connectivity index is 1.53. The number of hydrogen-bond donors (Lipinski definition) is 1. The largest absolute Gasteiger partial charge is 0.493 e. The van der Waals surface area contributed by atoms with Crippen LogP contribution in [-0.2, 0) is 6.61 Å². The Bertz CT molecular complexity index is 1240. The number of nitrogens with zero attached hydrogens (tertiary/aromatic N) is 3. The van der Waals surface area contributed by atoms with Gasteiger partial charge in [-0.25, -0.2) is 5.10 Å². The summed E-state index contributed by atoms with van der Waals surface area (Å²) in [4.78, 5) is 0. The van der Waals surface area contributed by atoms with Gasteiger partial charge in [0, 0.05) is 5.56 Å². The summed E-state index contributed by atoms with van der Waals surface area (Å²) in [5.74, 6) is 1.95. The van der Waals surface area contributed by atoms with Crippen LogP contribution in [0.15, 0.2) is 77.9 Å². The Labute approximate surface area is 185 Å². The molecule has 0 atom stereocenters. The van der Waals surface area contributed by atoms with E-state index in [0.717, 1.165) is 16.7 Å². The molecule has 0 unspecified atom stereocenters. The highest BCUT2D eigenvalue weighted by atomic mass is 32.1. The summed E-state index contributed by atoms with van der Waals surface area (Å²) >= 11 is 5.33. The highest BCUT2D eigenvalue weighted by molar-refractivity contribution is 7.71. The maximum atomic E-state index is 5.95. The van der Waals surface area contributed by atoms with Crippen LogP contribution in [-0.4, -0.2) is 28.2 Å². The van der Waals surface area contributed by atoms with E-state index in [0.29, 0.717) is 28.7 Å². The molecule has 0 spiro atoms. The van der Waals surface area contributed by atoms with E-state index in [-0.39, 0.29) is 0 Å². The molecule has 0 bridgehead atoms. The molecule has 0 amide bonds. The number of aromatic nitrogens is 3. The zero-order chi connectivity index (χ0) is 21.6. The molecule has 0 aliphatic carbocycles. The van der Waals surface area contributed by atoms with Crippen molar-refractivity contribution < 1.29 is 9.47 Å². The lowest BCUT2D eigenvalue weighted by Crippen LogP contribution is -1.99.